The van der Waals surface area contributed by atoms with Crippen LogP contribution in [0.5, 0.6) is 0 Å². The van der Waals surface area contributed by atoms with E-state index in [1.54, 1.807) is 18.7 Å². The number of aromatic nitrogens is 3. The molecule has 1 aromatic carbocycles. The zero-order valence-corrected chi connectivity index (χ0v) is 13.3. The Kier molecular flexibility index (Phi) is 4.22. The number of benzene rings is 1. The van der Waals surface area contributed by atoms with E-state index in [1.807, 2.05) is 16.8 Å². The van der Waals surface area contributed by atoms with E-state index < -0.39 is 0 Å². The van der Waals surface area contributed by atoms with E-state index in [0.29, 0.717) is 11.7 Å². The first-order chi connectivity index (χ1) is 10.2. The van der Waals surface area contributed by atoms with E-state index in [1.165, 1.54) is 0 Å². The first-order valence-electron chi connectivity index (χ1n) is 6.34. The van der Waals surface area contributed by atoms with E-state index in [-0.39, 0.29) is 0 Å². The molecule has 0 aliphatic carbocycles. The van der Waals surface area contributed by atoms with Crippen molar-refractivity contribution in [3.63, 3.8) is 0 Å². The SMILES string of the molecule is Clc1ncc(Br)cc1NCc1ccc(-n2ccnc2)cc1. The van der Waals surface area contributed by atoms with Crippen LogP contribution in [-0.2, 0) is 6.54 Å². The molecule has 0 bridgehead atoms. The summed E-state index contributed by atoms with van der Waals surface area (Å²) in [4.78, 5) is 8.12. The molecule has 0 aliphatic heterocycles. The van der Waals surface area contributed by atoms with Gasteiger partial charge in [0.15, 0.2) is 5.15 Å². The lowest BCUT2D eigenvalue weighted by Gasteiger charge is -2.09. The maximum Gasteiger partial charge on any atom is 0.152 e. The van der Waals surface area contributed by atoms with Crippen LogP contribution in [0.4, 0.5) is 5.69 Å². The van der Waals surface area contributed by atoms with Gasteiger partial charge < -0.3 is 9.88 Å². The molecule has 0 saturated carbocycles. The molecule has 0 fully saturated rings. The molecule has 0 amide bonds. The van der Waals surface area contributed by atoms with Crippen LogP contribution in [0.3, 0.4) is 0 Å². The van der Waals surface area contributed by atoms with Crippen LogP contribution < -0.4 is 5.32 Å². The molecule has 0 aliphatic rings. The fraction of sp³-hybridized carbons (Fsp3) is 0.0667. The molecule has 3 rings (SSSR count). The van der Waals surface area contributed by atoms with Crippen molar-refractivity contribution in [2.24, 2.45) is 0 Å². The van der Waals surface area contributed by atoms with Crippen LogP contribution in [0, 0.1) is 0 Å². The average molecular weight is 364 g/mol. The van der Waals surface area contributed by atoms with Crippen molar-refractivity contribution < 1.29 is 0 Å². The first kappa shape index (κ1) is 14.1. The van der Waals surface area contributed by atoms with E-state index >= 15 is 0 Å². The highest BCUT2D eigenvalue weighted by Gasteiger charge is 2.03. The second-order valence-corrected chi connectivity index (χ2v) is 5.76. The summed E-state index contributed by atoms with van der Waals surface area (Å²) < 4.78 is 2.86. The Labute approximate surface area is 135 Å². The molecule has 2 heterocycles. The van der Waals surface area contributed by atoms with Crippen LogP contribution in [-0.4, -0.2) is 14.5 Å². The van der Waals surface area contributed by atoms with Crippen molar-refractivity contribution >= 4 is 33.2 Å². The van der Waals surface area contributed by atoms with Gasteiger partial charge in [-0.2, -0.15) is 0 Å². The molecule has 0 atom stereocenters. The topological polar surface area (TPSA) is 42.7 Å². The summed E-state index contributed by atoms with van der Waals surface area (Å²) in [6.07, 6.45) is 7.13. The molecular weight excluding hydrogens is 352 g/mol. The summed E-state index contributed by atoms with van der Waals surface area (Å²) in [5.41, 5.74) is 3.05. The Morgan fingerprint density at radius 3 is 2.76 bits per heavy atom. The molecule has 6 heteroatoms. The monoisotopic (exact) mass is 362 g/mol. The number of anilines is 1. The van der Waals surface area contributed by atoms with Gasteiger partial charge in [-0.05, 0) is 39.7 Å². The fourth-order valence-corrected chi connectivity index (χ4v) is 2.44. The van der Waals surface area contributed by atoms with Crippen molar-refractivity contribution in [1.29, 1.82) is 0 Å². The van der Waals surface area contributed by atoms with Gasteiger partial charge >= 0.3 is 0 Å². The van der Waals surface area contributed by atoms with E-state index in [0.717, 1.165) is 21.4 Å². The lowest BCUT2D eigenvalue weighted by Crippen LogP contribution is -2.01. The molecular formula is C15H12BrClN4. The van der Waals surface area contributed by atoms with Crippen LogP contribution in [0.25, 0.3) is 5.69 Å². The van der Waals surface area contributed by atoms with Crippen molar-refractivity contribution in [2.75, 3.05) is 5.32 Å². The molecule has 2 aromatic heterocycles. The molecule has 21 heavy (non-hydrogen) atoms. The molecule has 0 radical (unpaired) electrons. The molecule has 106 valence electrons. The highest BCUT2D eigenvalue weighted by molar-refractivity contribution is 9.10. The third-order valence-electron chi connectivity index (χ3n) is 3.03. The molecule has 0 unspecified atom stereocenters. The van der Waals surface area contributed by atoms with Gasteiger partial charge in [0.1, 0.15) is 0 Å². The molecule has 1 N–H and O–H groups in total. The lowest BCUT2D eigenvalue weighted by atomic mass is 10.2. The second kappa shape index (κ2) is 6.28. The van der Waals surface area contributed by atoms with Gasteiger partial charge in [-0.1, -0.05) is 23.7 Å². The van der Waals surface area contributed by atoms with Crippen molar-refractivity contribution in [2.45, 2.75) is 6.54 Å². The van der Waals surface area contributed by atoms with Gasteiger partial charge in [0.25, 0.3) is 0 Å². The van der Waals surface area contributed by atoms with Gasteiger partial charge in [-0.25, -0.2) is 9.97 Å². The number of hydrogen-bond donors (Lipinski definition) is 1. The molecule has 4 nitrogen and oxygen atoms in total. The number of halogens is 2. The summed E-state index contributed by atoms with van der Waals surface area (Å²) in [7, 11) is 0. The number of nitrogens with one attached hydrogen (secondary N) is 1. The van der Waals surface area contributed by atoms with Crippen LogP contribution in [0.2, 0.25) is 5.15 Å². The third-order valence-corrected chi connectivity index (χ3v) is 3.76. The van der Waals surface area contributed by atoms with Crippen molar-refractivity contribution in [1.82, 2.24) is 14.5 Å². The van der Waals surface area contributed by atoms with E-state index in [9.17, 15) is 0 Å². The Morgan fingerprint density at radius 1 is 1.24 bits per heavy atom. The summed E-state index contributed by atoms with van der Waals surface area (Å²) in [5, 5.41) is 3.75. The molecule has 3 aromatic rings. The average Bonchev–Trinajstić information content (AvgIpc) is 3.03. The zero-order chi connectivity index (χ0) is 14.7. The number of rotatable bonds is 4. The normalized spacial score (nSPS) is 10.6. The summed E-state index contributed by atoms with van der Waals surface area (Å²) >= 11 is 9.43. The van der Waals surface area contributed by atoms with Gasteiger partial charge in [0.05, 0.1) is 12.0 Å². The second-order valence-electron chi connectivity index (χ2n) is 4.48. The number of hydrogen-bond acceptors (Lipinski definition) is 3. The van der Waals surface area contributed by atoms with Gasteiger partial charge in [0.2, 0.25) is 0 Å². The zero-order valence-electron chi connectivity index (χ0n) is 11.0. The summed E-state index contributed by atoms with van der Waals surface area (Å²) in [6.45, 7) is 0.683. The minimum atomic E-state index is 0.466. The Hall–Kier alpha value is -1.85. The van der Waals surface area contributed by atoms with E-state index in [4.69, 9.17) is 11.6 Å². The quantitative estimate of drug-likeness (QED) is 0.703. The van der Waals surface area contributed by atoms with Gasteiger partial charge in [-0.3, -0.25) is 0 Å². The smallest absolute Gasteiger partial charge is 0.152 e. The standard InChI is InChI=1S/C15H12BrClN4/c16-12-7-14(15(17)20-9-12)19-8-11-1-3-13(4-2-11)21-6-5-18-10-21/h1-7,9-10,19H,8H2. The number of pyridine rings is 1. The van der Waals surface area contributed by atoms with Crippen LogP contribution >= 0.6 is 27.5 Å². The van der Waals surface area contributed by atoms with Crippen molar-refractivity contribution in [3.05, 3.63) is 70.4 Å². The number of nitrogens with zero attached hydrogens (tertiary/aromatic N) is 3. The highest BCUT2D eigenvalue weighted by Crippen LogP contribution is 2.23. The lowest BCUT2D eigenvalue weighted by molar-refractivity contribution is 1.05. The molecule has 0 saturated heterocycles. The predicted octanol–water partition coefficient (Wildman–Crippen LogP) is 4.30. The minimum absolute atomic E-state index is 0.466. The third kappa shape index (κ3) is 3.43. The summed E-state index contributed by atoms with van der Waals surface area (Å²) in [6, 6.07) is 10.2. The Balaban J connectivity index is 1.70. The Bertz CT molecular complexity index is 726. The number of imidazole rings is 1. The summed E-state index contributed by atoms with van der Waals surface area (Å²) in [5.74, 6) is 0. The largest absolute Gasteiger partial charge is 0.378 e. The van der Waals surface area contributed by atoms with Crippen LogP contribution in [0.15, 0.2) is 59.7 Å². The van der Waals surface area contributed by atoms with E-state index in [2.05, 4.69) is 55.5 Å². The van der Waals surface area contributed by atoms with Gasteiger partial charge in [-0.15, -0.1) is 0 Å². The van der Waals surface area contributed by atoms with Crippen LogP contribution in [0.1, 0.15) is 5.56 Å². The fourth-order valence-electron chi connectivity index (χ4n) is 1.94. The predicted molar refractivity (Wildman–Crippen MR) is 87.8 cm³/mol. The van der Waals surface area contributed by atoms with Gasteiger partial charge in [0, 0.05) is 35.3 Å². The maximum absolute atomic E-state index is 6.05. The van der Waals surface area contributed by atoms with Crippen molar-refractivity contribution in [3.8, 4) is 5.69 Å². The maximum atomic E-state index is 6.05. The molecule has 0 spiro atoms. The highest BCUT2D eigenvalue weighted by atomic mass is 79.9. The Morgan fingerprint density at radius 2 is 2.05 bits per heavy atom. The first-order valence-corrected chi connectivity index (χ1v) is 7.51. The minimum Gasteiger partial charge on any atom is -0.378 e.